The van der Waals surface area contributed by atoms with Crippen molar-refractivity contribution < 1.29 is 18.0 Å². The molecule has 8 nitrogen and oxygen atoms in total. The van der Waals surface area contributed by atoms with E-state index < -0.39 is 16.1 Å². The van der Waals surface area contributed by atoms with E-state index in [0.717, 1.165) is 4.31 Å². The van der Waals surface area contributed by atoms with Crippen LogP contribution < -0.4 is 5.32 Å². The van der Waals surface area contributed by atoms with Crippen molar-refractivity contribution in [2.45, 2.75) is 32.4 Å². The number of aromatic nitrogens is 1. The van der Waals surface area contributed by atoms with Gasteiger partial charge in [-0.3, -0.25) is 14.5 Å². The second kappa shape index (κ2) is 7.00. The summed E-state index contributed by atoms with van der Waals surface area (Å²) in [5, 5.41) is 4.57. The molecule has 3 rings (SSSR count). The average Bonchev–Trinajstić information content (AvgIpc) is 3.17. The second-order valence-corrected chi connectivity index (χ2v) is 9.60. The third-order valence-electron chi connectivity index (χ3n) is 4.44. The number of nitrogens with one attached hydrogen (secondary N) is 1. The predicted octanol–water partition coefficient (Wildman–Crippen LogP) is 0.144. The fraction of sp³-hybridized carbons (Fsp3) is 0.667. The number of thiazole rings is 1. The summed E-state index contributed by atoms with van der Waals surface area (Å²) in [4.78, 5) is 30.8. The number of carbonyl (C=O) groups excluding carboxylic acids is 2. The Kier molecular flexibility index (Phi) is 5.12. The number of hydrogen-bond donors (Lipinski definition) is 1. The minimum atomic E-state index is -3.58. The van der Waals surface area contributed by atoms with Crippen LogP contribution >= 0.6 is 11.3 Å². The van der Waals surface area contributed by atoms with Crippen molar-refractivity contribution in [1.82, 2.24) is 19.5 Å². The maximum absolute atomic E-state index is 12.8. The molecule has 10 heteroatoms. The number of sulfonamides is 1. The molecule has 1 aromatic rings. The third kappa shape index (κ3) is 3.85. The van der Waals surface area contributed by atoms with Gasteiger partial charge in [-0.05, 0) is 12.3 Å². The van der Waals surface area contributed by atoms with Crippen LogP contribution in [0.25, 0.3) is 0 Å². The van der Waals surface area contributed by atoms with Gasteiger partial charge >= 0.3 is 0 Å². The Morgan fingerprint density at radius 2 is 2.24 bits per heavy atom. The number of fused-ring (bicyclic) bond motifs is 1. The number of amides is 2. The Morgan fingerprint density at radius 3 is 2.88 bits per heavy atom. The molecule has 0 aliphatic carbocycles. The van der Waals surface area contributed by atoms with Crippen LogP contribution in [0.5, 0.6) is 0 Å². The summed E-state index contributed by atoms with van der Waals surface area (Å²) in [6.45, 7) is 4.74. The van der Waals surface area contributed by atoms with Gasteiger partial charge in [0.05, 0.1) is 17.3 Å². The largest absolute Gasteiger partial charge is 0.347 e. The Bertz CT molecular complexity index is 748. The minimum Gasteiger partial charge on any atom is -0.347 e. The molecule has 1 N–H and O–H groups in total. The van der Waals surface area contributed by atoms with Crippen molar-refractivity contribution >= 4 is 33.2 Å². The SMILES string of the molecule is CC(C)CN1C(=O)[C@@H]2C[C@H](NC(=O)c3cscn3)CN2CCS1(=O)=O. The lowest BCUT2D eigenvalue weighted by Crippen LogP contribution is -2.45. The first kappa shape index (κ1) is 18.3. The number of nitrogens with zero attached hydrogens (tertiary/aromatic N) is 3. The molecule has 2 amide bonds. The highest BCUT2D eigenvalue weighted by Crippen LogP contribution is 2.25. The molecule has 2 fully saturated rings. The van der Waals surface area contributed by atoms with E-state index in [9.17, 15) is 18.0 Å². The van der Waals surface area contributed by atoms with E-state index in [2.05, 4.69) is 10.3 Å². The highest BCUT2D eigenvalue weighted by Gasteiger charge is 2.45. The molecular formula is C15H22N4O4S2. The van der Waals surface area contributed by atoms with Gasteiger partial charge in [0.25, 0.3) is 11.8 Å². The Labute approximate surface area is 151 Å². The zero-order chi connectivity index (χ0) is 18.2. The Balaban J connectivity index is 1.72. The van der Waals surface area contributed by atoms with Crippen molar-refractivity contribution in [3.63, 3.8) is 0 Å². The monoisotopic (exact) mass is 386 g/mol. The van der Waals surface area contributed by atoms with E-state index in [4.69, 9.17) is 0 Å². The molecule has 0 unspecified atom stereocenters. The van der Waals surface area contributed by atoms with E-state index in [1.165, 1.54) is 11.3 Å². The lowest BCUT2D eigenvalue weighted by molar-refractivity contribution is -0.130. The molecule has 2 aliphatic heterocycles. The minimum absolute atomic E-state index is 0.0619. The van der Waals surface area contributed by atoms with Crippen LogP contribution in [0.4, 0.5) is 0 Å². The van der Waals surface area contributed by atoms with E-state index in [-0.39, 0.29) is 36.1 Å². The molecular weight excluding hydrogens is 364 g/mol. The summed E-state index contributed by atoms with van der Waals surface area (Å²) in [6.07, 6.45) is 0.416. The first-order valence-electron chi connectivity index (χ1n) is 8.25. The van der Waals surface area contributed by atoms with Crippen LogP contribution in [0.3, 0.4) is 0 Å². The molecule has 2 atom stereocenters. The van der Waals surface area contributed by atoms with Crippen LogP contribution in [0, 0.1) is 5.92 Å². The van der Waals surface area contributed by atoms with E-state index in [1.807, 2.05) is 18.7 Å². The van der Waals surface area contributed by atoms with Crippen molar-refractivity contribution in [3.8, 4) is 0 Å². The van der Waals surface area contributed by atoms with Crippen LogP contribution in [-0.2, 0) is 14.8 Å². The molecule has 25 heavy (non-hydrogen) atoms. The van der Waals surface area contributed by atoms with Gasteiger partial charge in [0, 0.05) is 31.1 Å². The van der Waals surface area contributed by atoms with E-state index in [1.54, 1.807) is 10.9 Å². The number of hydrogen-bond acceptors (Lipinski definition) is 7. The maximum Gasteiger partial charge on any atom is 0.271 e. The lowest BCUT2D eigenvalue weighted by Gasteiger charge is -2.25. The Morgan fingerprint density at radius 1 is 1.48 bits per heavy atom. The van der Waals surface area contributed by atoms with Crippen LogP contribution in [0.1, 0.15) is 30.8 Å². The van der Waals surface area contributed by atoms with Crippen molar-refractivity contribution in [2.75, 3.05) is 25.4 Å². The van der Waals surface area contributed by atoms with E-state index in [0.29, 0.717) is 25.2 Å². The van der Waals surface area contributed by atoms with Gasteiger partial charge in [0.1, 0.15) is 5.69 Å². The fourth-order valence-electron chi connectivity index (χ4n) is 3.28. The maximum atomic E-state index is 12.8. The highest BCUT2D eigenvalue weighted by molar-refractivity contribution is 7.89. The zero-order valence-electron chi connectivity index (χ0n) is 14.2. The molecule has 0 saturated carbocycles. The average molecular weight is 386 g/mol. The van der Waals surface area contributed by atoms with Gasteiger partial charge in [-0.2, -0.15) is 0 Å². The predicted molar refractivity (Wildman–Crippen MR) is 93.7 cm³/mol. The molecule has 2 saturated heterocycles. The Hall–Kier alpha value is -1.52. The number of carbonyl (C=O) groups is 2. The van der Waals surface area contributed by atoms with Gasteiger partial charge in [0.2, 0.25) is 10.0 Å². The van der Waals surface area contributed by atoms with Gasteiger partial charge in [-0.15, -0.1) is 11.3 Å². The lowest BCUT2D eigenvalue weighted by atomic mass is 10.1. The molecule has 3 heterocycles. The summed E-state index contributed by atoms with van der Waals surface area (Å²) < 4.78 is 25.8. The molecule has 0 aromatic carbocycles. The van der Waals surface area contributed by atoms with Gasteiger partial charge in [0.15, 0.2) is 0 Å². The summed E-state index contributed by atoms with van der Waals surface area (Å²) in [7, 11) is -3.58. The second-order valence-electron chi connectivity index (χ2n) is 6.87. The zero-order valence-corrected chi connectivity index (χ0v) is 15.8. The normalized spacial score (nSPS) is 26.5. The topological polar surface area (TPSA) is 99.7 Å². The first-order chi connectivity index (χ1) is 11.8. The number of rotatable bonds is 4. The molecule has 0 bridgehead atoms. The standard InChI is InChI=1S/C15H22N4O4S2/c1-10(2)6-19-15(21)13-5-11(7-18(13)3-4-25(19,22)23)17-14(20)12-8-24-9-16-12/h8-11,13H,3-7H2,1-2H3,(H,17,20)/t11-,13-/m0/s1. The van der Waals surface area contributed by atoms with Gasteiger partial charge in [-0.1, -0.05) is 13.8 Å². The van der Waals surface area contributed by atoms with Crippen LogP contribution in [-0.4, -0.2) is 71.9 Å². The van der Waals surface area contributed by atoms with Crippen LogP contribution in [0.15, 0.2) is 10.9 Å². The van der Waals surface area contributed by atoms with Gasteiger partial charge < -0.3 is 5.32 Å². The molecule has 2 aliphatic rings. The summed E-state index contributed by atoms with van der Waals surface area (Å²) in [6, 6.07) is -0.693. The summed E-state index contributed by atoms with van der Waals surface area (Å²) in [5.74, 6) is -0.652. The summed E-state index contributed by atoms with van der Waals surface area (Å²) >= 11 is 1.34. The highest BCUT2D eigenvalue weighted by atomic mass is 32.2. The molecule has 0 radical (unpaired) electrons. The molecule has 138 valence electrons. The summed E-state index contributed by atoms with van der Waals surface area (Å²) in [5.41, 5.74) is 1.96. The van der Waals surface area contributed by atoms with Crippen molar-refractivity contribution in [3.05, 3.63) is 16.6 Å². The quantitative estimate of drug-likeness (QED) is 0.790. The fourth-order valence-corrected chi connectivity index (χ4v) is 5.42. The van der Waals surface area contributed by atoms with Crippen LogP contribution in [0.2, 0.25) is 0 Å². The first-order valence-corrected chi connectivity index (χ1v) is 10.8. The van der Waals surface area contributed by atoms with Crippen molar-refractivity contribution in [1.29, 1.82) is 0 Å². The van der Waals surface area contributed by atoms with Crippen molar-refractivity contribution in [2.24, 2.45) is 5.92 Å². The van der Waals surface area contributed by atoms with E-state index >= 15 is 0 Å². The third-order valence-corrected chi connectivity index (χ3v) is 6.72. The van der Waals surface area contributed by atoms with Gasteiger partial charge in [-0.25, -0.2) is 17.7 Å². The smallest absolute Gasteiger partial charge is 0.271 e. The molecule has 1 aromatic heterocycles. The molecule has 0 spiro atoms.